The summed E-state index contributed by atoms with van der Waals surface area (Å²) in [4.78, 5) is 27.8. The molecule has 0 fully saturated rings. The van der Waals surface area contributed by atoms with Crippen LogP contribution >= 0.6 is 0 Å². The van der Waals surface area contributed by atoms with Crippen LogP contribution in [0.25, 0.3) is 17.0 Å². The lowest BCUT2D eigenvalue weighted by molar-refractivity contribution is 0.0521. The molecule has 0 saturated heterocycles. The Kier molecular flexibility index (Phi) is 2.94. The van der Waals surface area contributed by atoms with E-state index in [4.69, 9.17) is 4.74 Å². The lowest BCUT2D eigenvalue weighted by atomic mass is 10.3. The monoisotopic (exact) mass is 271 g/mol. The lowest BCUT2D eigenvalue weighted by Gasteiger charge is -2.05. The van der Waals surface area contributed by atoms with E-state index in [1.807, 2.05) is 13.0 Å². The summed E-state index contributed by atoms with van der Waals surface area (Å²) < 4.78 is 6.69. The zero-order chi connectivity index (χ0) is 14.1. The number of rotatable bonds is 3. The van der Waals surface area contributed by atoms with Crippen LogP contribution in [0.5, 0.6) is 0 Å². The van der Waals surface area contributed by atoms with Crippen LogP contribution in [-0.4, -0.2) is 37.1 Å². The predicted octanol–water partition coefficient (Wildman–Crippen LogP) is 1.63. The first-order chi connectivity index (χ1) is 9.69. The van der Waals surface area contributed by atoms with Gasteiger partial charge in [-0.25, -0.2) is 19.7 Å². The van der Waals surface area contributed by atoms with Crippen molar-refractivity contribution in [3.8, 4) is 5.95 Å². The van der Waals surface area contributed by atoms with Crippen LogP contribution in [0.3, 0.4) is 0 Å². The number of hydrogen-bond donors (Lipinski definition) is 1. The second-order valence-electron chi connectivity index (χ2n) is 4.28. The zero-order valence-electron chi connectivity index (χ0n) is 11.1. The van der Waals surface area contributed by atoms with E-state index in [9.17, 15) is 4.79 Å². The Labute approximate surface area is 114 Å². The van der Waals surface area contributed by atoms with Crippen molar-refractivity contribution >= 4 is 17.0 Å². The molecule has 3 rings (SSSR count). The van der Waals surface area contributed by atoms with Crippen molar-refractivity contribution in [3.63, 3.8) is 0 Å². The van der Waals surface area contributed by atoms with Gasteiger partial charge in [0.15, 0.2) is 5.69 Å². The van der Waals surface area contributed by atoms with Crippen LogP contribution in [0.4, 0.5) is 0 Å². The fraction of sp³-hybridized carbons (Fsp3) is 0.231. The van der Waals surface area contributed by atoms with Crippen molar-refractivity contribution in [2.45, 2.75) is 13.8 Å². The highest BCUT2D eigenvalue weighted by atomic mass is 16.5. The Morgan fingerprint density at radius 1 is 1.45 bits per heavy atom. The number of nitrogens with one attached hydrogen (secondary N) is 1. The molecule has 7 heteroatoms. The molecule has 20 heavy (non-hydrogen) atoms. The smallest absolute Gasteiger partial charge is 0.359 e. The molecule has 0 aromatic carbocycles. The maximum absolute atomic E-state index is 12.0. The van der Waals surface area contributed by atoms with Crippen LogP contribution in [0.1, 0.15) is 23.1 Å². The van der Waals surface area contributed by atoms with Crippen molar-refractivity contribution < 1.29 is 9.53 Å². The molecule has 0 radical (unpaired) electrons. The molecule has 3 aromatic rings. The number of H-pyrrole nitrogens is 1. The van der Waals surface area contributed by atoms with Crippen LogP contribution in [0.15, 0.2) is 24.8 Å². The first kappa shape index (κ1) is 12.3. The van der Waals surface area contributed by atoms with E-state index >= 15 is 0 Å². The van der Waals surface area contributed by atoms with Crippen molar-refractivity contribution in [1.82, 2.24) is 24.5 Å². The van der Waals surface area contributed by atoms with Crippen LogP contribution < -0.4 is 0 Å². The Bertz CT molecular complexity index is 761. The molecule has 0 unspecified atom stereocenters. The summed E-state index contributed by atoms with van der Waals surface area (Å²) in [6.07, 6.45) is 4.92. The number of fused-ring (bicyclic) bond motifs is 1. The number of aromatic nitrogens is 5. The molecule has 0 aliphatic carbocycles. The van der Waals surface area contributed by atoms with Gasteiger partial charge in [0.05, 0.1) is 17.6 Å². The SMILES string of the molecule is CCOC(=O)c1nc(-n2ccnc2)nc2cc(C)[nH]c12. The Morgan fingerprint density at radius 2 is 2.30 bits per heavy atom. The van der Waals surface area contributed by atoms with Gasteiger partial charge in [0.1, 0.15) is 6.33 Å². The molecule has 0 amide bonds. The minimum absolute atomic E-state index is 0.230. The Hall–Kier alpha value is -2.70. The highest BCUT2D eigenvalue weighted by Gasteiger charge is 2.18. The van der Waals surface area contributed by atoms with E-state index in [1.165, 1.54) is 0 Å². The number of aryl methyl sites for hydroxylation is 1. The van der Waals surface area contributed by atoms with E-state index in [1.54, 1.807) is 30.2 Å². The van der Waals surface area contributed by atoms with Gasteiger partial charge < -0.3 is 9.72 Å². The molecule has 0 aliphatic rings. The number of carbonyl (C=O) groups excluding carboxylic acids is 1. The second-order valence-corrected chi connectivity index (χ2v) is 4.28. The summed E-state index contributed by atoms with van der Waals surface area (Å²) in [5, 5.41) is 0. The Balaban J connectivity index is 2.22. The molecule has 0 saturated carbocycles. The third-order valence-corrected chi connectivity index (χ3v) is 2.80. The first-order valence-corrected chi connectivity index (χ1v) is 6.22. The molecule has 0 bridgehead atoms. The number of ether oxygens (including phenoxy) is 1. The van der Waals surface area contributed by atoms with Crippen LogP contribution in [0.2, 0.25) is 0 Å². The number of esters is 1. The summed E-state index contributed by atoms with van der Waals surface area (Å²) in [6, 6.07) is 1.86. The molecule has 3 aromatic heterocycles. The van der Waals surface area contributed by atoms with Gasteiger partial charge in [-0.05, 0) is 19.9 Å². The van der Waals surface area contributed by atoms with Gasteiger partial charge in [-0.2, -0.15) is 0 Å². The molecule has 0 atom stereocenters. The molecule has 3 heterocycles. The molecule has 1 N–H and O–H groups in total. The molecule has 7 nitrogen and oxygen atoms in total. The van der Waals surface area contributed by atoms with Crippen molar-refractivity contribution in [2.24, 2.45) is 0 Å². The number of carbonyl (C=O) groups is 1. The molecular weight excluding hydrogens is 258 g/mol. The topological polar surface area (TPSA) is 85.7 Å². The number of aromatic amines is 1. The highest BCUT2D eigenvalue weighted by molar-refractivity contribution is 6.00. The number of imidazole rings is 1. The molecule has 102 valence electrons. The minimum Gasteiger partial charge on any atom is -0.461 e. The van der Waals surface area contributed by atoms with E-state index < -0.39 is 5.97 Å². The average Bonchev–Trinajstić information content (AvgIpc) is 3.04. The standard InChI is InChI=1S/C13H13N5O2/c1-3-20-12(19)11-10-9(6-8(2)15-10)16-13(17-11)18-5-4-14-7-18/h4-7,15H,3H2,1-2H3. The van der Waals surface area contributed by atoms with Crippen LogP contribution in [0, 0.1) is 6.92 Å². The maximum Gasteiger partial charge on any atom is 0.359 e. The fourth-order valence-corrected chi connectivity index (χ4v) is 1.97. The van der Waals surface area contributed by atoms with Crippen molar-refractivity contribution in [2.75, 3.05) is 6.61 Å². The largest absolute Gasteiger partial charge is 0.461 e. The zero-order valence-corrected chi connectivity index (χ0v) is 11.1. The van der Waals surface area contributed by atoms with E-state index in [2.05, 4.69) is 19.9 Å². The van der Waals surface area contributed by atoms with Crippen molar-refractivity contribution in [1.29, 1.82) is 0 Å². The first-order valence-electron chi connectivity index (χ1n) is 6.22. The van der Waals surface area contributed by atoms with Gasteiger partial charge in [-0.3, -0.25) is 4.57 Å². The summed E-state index contributed by atoms with van der Waals surface area (Å²) >= 11 is 0. The molecular formula is C13H13N5O2. The van der Waals surface area contributed by atoms with Gasteiger partial charge in [0.25, 0.3) is 0 Å². The van der Waals surface area contributed by atoms with Gasteiger partial charge in [0.2, 0.25) is 5.95 Å². The van der Waals surface area contributed by atoms with E-state index in [0.717, 1.165) is 5.69 Å². The number of nitrogens with zero attached hydrogens (tertiary/aromatic N) is 4. The normalized spacial score (nSPS) is 10.9. The Morgan fingerprint density at radius 3 is 3.00 bits per heavy atom. The average molecular weight is 271 g/mol. The summed E-state index contributed by atoms with van der Waals surface area (Å²) in [7, 11) is 0. The predicted molar refractivity (Wildman–Crippen MR) is 71.7 cm³/mol. The highest BCUT2D eigenvalue weighted by Crippen LogP contribution is 2.18. The second kappa shape index (κ2) is 4.76. The fourth-order valence-electron chi connectivity index (χ4n) is 1.97. The minimum atomic E-state index is -0.469. The van der Waals surface area contributed by atoms with Gasteiger partial charge in [0, 0.05) is 18.1 Å². The van der Waals surface area contributed by atoms with E-state index in [0.29, 0.717) is 23.6 Å². The van der Waals surface area contributed by atoms with Crippen molar-refractivity contribution in [3.05, 3.63) is 36.2 Å². The van der Waals surface area contributed by atoms with Gasteiger partial charge in [-0.1, -0.05) is 0 Å². The van der Waals surface area contributed by atoms with Gasteiger partial charge in [-0.15, -0.1) is 0 Å². The molecule has 0 spiro atoms. The lowest BCUT2D eigenvalue weighted by Crippen LogP contribution is -2.11. The summed E-state index contributed by atoms with van der Waals surface area (Å²) in [6.45, 7) is 3.95. The summed E-state index contributed by atoms with van der Waals surface area (Å²) in [5.74, 6) is -0.0832. The van der Waals surface area contributed by atoms with E-state index in [-0.39, 0.29) is 5.69 Å². The van der Waals surface area contributed by atoms with Gasteiger partial charge >= 0.3 is 5.97 Å². The van der Waals surface area contributed by atoms with Crippen LogP contribution in [-0.2, 0) is 4.74 Å². The third kappa shape index (κ3) is 2.03. The third-order valence-electron chi connectivity index (χ3n) is 2.80. The molecule has 0 aliphatic heterocycles. The quantitative estimate of drug-likeness (QED) is 0.732. The maximum atomic E-state index is 12.0. The number of hydrogen-bond acceptors (Lipinski definition) is 5. The summed E-state index contributed by atoms with van der Waals surface area (Å²) in [5.41, 5.74) is 2.39.